The topological polar surface area (TPSA) is 71.1 Å². The molecule has 5 rings (SSSR count). The van der Waals surface area contributed by atoms with Gasteiger partial charge in [0.05, 0.1) is 25.3 Å². The summed E-state index contributed by atoms with van der Waals surface area (Å²) in [4.78, 5) is 26.0. The number of esters is 2. The largest absolute Gasteiger partial charge is 0.497 e. The summed E-state index contributed by atoms with van der Waals surface area (Å²) in [6.07, 6.45) is 2.19. The molecule has 0 N–H and O–H groups in total. The number of hydrogen-bond acceptors (Lipinski definition) is 6. The van der Waals surface area contributed by atoms with Crippen molar-refractivity contribution in [3.05, 3.63) is 83.9 Å². The Kier molecular flexibility index (Phi) is 6.76. The first kappa shape index (κ1) is 23.7. The second-order valence-corrected chi connectivity index (χ2v) is 9.03. The van der Waals surface area contributed by atoms with E-state index in [4.69, 9.17) is 18.9 Å². The zero-order valence-corrected chi connectivity index (χ0v) is 20.4. The first-order chi connectivity index (χ1) is 17.5. The van der Waals surface area contributed by atoms with Crippen LogP contribution in [0.4, 0.5) is 0 Å². The Bertz CT molecular complexity index is 1320. The van der Waals surface area contributed by atoms with Crippen LogP contribution < -0.4 is 9.47 Å². The van der Waals surface area contributed by atoms with Gasteiger partial charge in [0.25, 0.3) is 0 Å². The maximum atomic E-state index is 13.0. The van der Waals surface area contributed by atoms with Crippen LogP contribution in [-0.2, 0) is 9.47 Å². The molecule has 36 heavy (non-hydrogen) atoms. The molecule has 0 saturated heterocycles. The highest BCUT2D eigenvalue weighted by molar-refractivity contribution is 5.97. The van der Waals surface area contributed by atoms with Crippen LogP contribution in [0.25, 0.3) is 21.5 Å². The molecule has 184 valence electrons. The molecular weight excluding hydrogens is 456 g/mol. The molecule has 0 amide bonds. The van der Waals surface area contributed by atoms with Crippen LogP contribution in [0.2, 0.25) is 0 Å². The Hall–Kier alpha value is -4.06. The van der Waals surface area contributed by atoms with E-state index in [0.29, 0.717) is 24.0 Å². The van der Waals surface area contributed by atoms with Gasteiger partial charge in [-0.15, -0.1) is 0 Å². The average molecular weight is 485 g/mol. The van der Waals surface area contributed by atoms with E-state index in [-0.39, 0.29) is 0 Å². The molecule has 0 aliphatic heterocycles. The number of hydrogen-bond donors (Lipinski definition) is 0. The van der Waals surface area contributed by atoms with Gasteiger partial charge >= 0.3 is 11.9 Å². The number of carbonyl (C=O) groups is 2. The number of carbonyl (C=O) groups excluding carboxylic acids is 2. The molecule has 0 heterocycles. The summed E-state index contributed by atoms with van der Waals surface area (Å²) >= 11 is 0. The Morgan fingerprint density at radius 1 is 0.583 bits per heavy atom. The minimum absolute atomic E-state index is 0.416. The molecule has 1 fully saturated rings. The summed E-state index contributed by atoms with van der Waals surface area (Å²) in [5, 5.41) is 3.80. The molecule has 0 aromatic heterocycles. The molecule has 2 atom stereocenters. The number of benzene rings is 4. The molecule has 4 aromatic rings. The van der Waals surface area contributed by atoms with Gasteiger partial charge in [0, 0.05) is 0 Å². The Morgan fingerprint density at radius 2 is 0.972 bits per heavy atom. The van der Waals surface area contributed by atoms with Crippen LogP contribution in [-0.4, -0.2) is 38.4 Å². The minimum atomic E-state index is -0.480. The average Bonchev–Trinajstić information content (AvgIpc) is 2.92. The maximum Gasteiger partial charge on any atom is 0.338 e. The fourth-order valence-electron chi connectivity index (χ4n) is 4.70. The SMILES string of the molecule is COc1ccc2cc(C(=O)O[C@@H]3CCCC[C@H]3OC(=O)c3ccc4cc(OC)ccc4c3)ccc2c1. The van der Waals surface area contributed by atoms with Crippen molar-refractivity contribution in [1.29, 1.82) is 0 Å². The molecule has 0 bridgehead atoms. The number of methoxy groups -OCH3 is 2. The highest BCUT2D eigenvalue weighted by atomic mass is 16.6. The molecule has 6 nitrogen and oxygen atoms in total. The van der Waals surface area contributed by atoms with Crippen LogP contribution >= 0.6 is 0 Å². The summed E-state index contributed by atoms with van der Waals surface area (Å²) in [5.74, 6) is 0.687. The summed E-state index contributed by atoms with van der Waals surface area (Å²) in [5.41, 5.74) is 0.932. The van der Waals surface area contributed by atoms with Gasteiger partial charge in [-0.1, -0.05) is 24.3 Å². The van der Waals surface area contributed by atoms with Gasteiger partial charge < -0.3 is 18.9 Å². The number of rotatable bonds is 6. The lowest BCUT2D eigenvalue weighted by Crippen LogP contribution is -2.37. The second kappa shape index (κ2) is 10.3. The van der Waals surface area contributed by atoms with Crippen LogP contribution in [0, 0.1) is 0 Å². The third kappa shape index (κ3) is 4.98. The Morgan fingerprint density at radius 3 is 1.39 bits per heavy atom. The third-order valence-electron chi connectivity index (χ3n) is 6.73. The van der Waals surface area contributed by atoms with Gasteiger partial charge in [-0.25, -0.2) is 9.59 Å². The van der Waals surface area contributed by atoms with E-state index in [1.807, 2.05) is 60.7 Å². The molecular formula is C30H28O6. The molecule has 4 aromatic carbocycles. The summed E-state index contributed by atoms with van der Waals surface area (Å²) in [6.45, 7) is 0. The van der Waals surface area contributed by atoms with Crippen molar-refractivity contribution in [1.82, 2.24) is 0 Å². The zero-order valence-electron chi connectivity index (χ0n) is 20.4. The predicted molar refractivity (Wildman–Crippen MR) is 138 cm³/mol. The minimum Gasteiger partial charge on any atom is -0.497 e. The normalized spacial score (nSPS) is 17.5. The zero-order chi connectivity index (χ0) is 25.1. The number of fused-ring (bicyclic) bond motifs is 2. The summed E-state index contributed by atoms with van der Waals surface area (Å²) in [6, 6.07) is 22.3. The lowest BCUT2D eigenvalue weighted by molar-refractivity contribution is -0.0514. The molecule has 6 heteroatoms. The van der Waals surface area contributed by atoms with Crippen molar-refractivity contribution in [3.63, 3.8) is 0 Å². The van der Waals surface area contributed by atoms with E-state index in [1.165, 1.54) is 0 Å². The standard InChI is InChI=1S/C30H28O6/c1-33-25-13-11-19-15-23(9-7-21(19)17-25)29(31)35-27-5-3-4-6-28(27)36-30(32)24-10-8-22-18-26(34-2)14-12-20(22)16-24/h7-18,27-28H,3-6H2,1-2H3/t27-,28-/m1/s1. The van der Waals surface area contributed by atoms with Gasteiger partial charge in [-0.2, -0.15) is 0 Å². The van der Waals surface area contributed by atoms with E-state index in [0.717, 1.165) is 45.9 Å². The second-order valence-electron chi connectivity index (χ2n) is 9.03. The lowest BCUT2D eigenvalue weighted by atomic mass is 9.94. The first-order valence-electron chi connectivity index (χ1n) is 12.1. The smallest absolute Gasteiger partial charge is 0.338 e. The van der Waals surface area contributed by atoms with Crippen LogP contribution in [0.3, 0.4) is 0 Å². The monoisotopic (exact) mass is 484 g/mol. The molecule has 1 saturated carbocycles. The predicted octanol–water partition coefficient (Wildman–Crippen LogP) is 6.34. The molecule has 1 aliphatic carbocycles. The van der Waals surface area contributed by atoms with Crippen LogP contribution in [0.15, 0.2) is 72.8 Å². The van der Waals surface area contributed by atoms with E-state index in [1.54, 1.807) is 26.4 Å². The van der Waals surface area contributed by atoms with Crippen molar-refractivity contribution >= 4 is 33.5 Å². The van der Waals surface area contributed by atoms with Gasteiger partial charge in [-0.05, 0) is 95.8 Å². The van der Waals surface area contributed by atoms with Crippen molar-refractivity contribution in [2.24, 2.45) is 0 Å². The Labute approximate surface area is 209 Å². The first-order valence-corrected chi connectivity index (χ1v) is 12.1. The molecule has 0 spiro atoms. The molecule has 0 unspecified atom stereocenters. The van der Waals surface area contributed by atoms with Gasteiger partial charge in [0.1, 0.15) is 23.7 Å². The molecule has 0 radical (unpaired) electrons. The highest BCUT2D eigenvalue weighted by Gasteiger charge is 2.32. The molecule has 1 aliphatic rings. The maximum absolute atomic E-state index is 13.0. The van der Waals surface area contributed by atoms with E-state index >= 15 is 0 Å². The van der Waals surface area contributed by atoms with Gasteiger partial charge in [0.2, 0.25) is 0 Å². The van der Waals surface area contributed by atoms with Gasteiger partial charge in [0.15, 0.2) is 0 Å². The van der Waals surface area contributed by atoms with E-state index in [2.05, 4.69) is 0 Å². The summed E-state index contributed by atoms with van der Waals surface area (Å²) < 4.78 is 22.3. The third-order valence-corrected chi connectivity index (χ3v) is 6.73. The van der Waals surface area contributed by atoms with E-state index in [9.17, 15) is 9.59 Å². The van der Waals surface area contributed by atoms with Crippen molar-refractivity contribution in [3.8, 4) is 11.5 Å². The van der Waals surface area contributed by atoms with Crippen molar-refractivity contribution in [2.45, 2.75) is 37.9 Å². The quantitative estimate of drug-likeness (QED) is 0.298. The van der Waals surface area contributed by atoms with Crippen LogP contribution in [0.1, 0.15) is 46.4 Å². The fourth-order valence-corrected chi connectivity index (χ4v) is 4.70. The van der Waals surface area contributed by atoms with E-state index < -0.39 is 24.1 Å². The van der Waals surface area contributed by atoms with Crippen LogP contribution in [0.5, 0.6) is 11.5 Å². The highest BCUT2D eigenvalue weighted by Crippen LogP contribution is 2.28. The fraction of sp³-hybridized carbons (Fsp3) is 0.267. The van der Waals surface area contributed by atoms with Crippen molar-refractivity contribution < 1.29 is 28.5 Å². The van der Waals surface area contributed by atoms with Gasteiger partial charge in [-0.3, -0.25) is 0 Å². The lowest BCUT2D eigenvalue weighted by Gasteiger charge is -2.30. The van der Waals surface area contributed by atoms with Crippen molar-refractivity contribution in [2.75, 3.05) is 14.2 Å². The number of ether oxygens (including phenoxy) is 4. The Balaban J connectivity index is 1.29. The summed E-state index contributed by atoms with van der Waals surface area (Å²) in [7, 11) is 3.25.